The van der Waals surface area contributed by atoms with Crippen LogP contribution in [0.4, 0.5) is 0 Å². The Hall–Kier alpha value is -0.710. The lowest BCUT2D eigenvalue weighted by Crippen LogP contribution is -2.53. The maximum Gasteiger partial charge on any atom is 0.0983 e. The number of thioether (sulfide) groups is 1. The summed E-state index contributed by atoms with van der Waals surface area (Å²) >= 11 is 1.93. The average Bonchev–Trinajstić information content (AvgIpc) is 3.34. The smallest absolute Gasteiger partial charge is 0.0983 e. The molecule has 0 amide bonds. The summed E-state index contributed by atoms with van der Waals surface area (Å²) in [4.78, 5) is 0. The minimum Gasteiger partial charge on any atom is -0.472 e. The third kappa shape index (κ3) is 2.85. The van der Waals surface area contributed by atoms with Crippen molar-refractivity contribution in [2.75, 3.05) is 12.4 Å². The van der Waals surface area contributed by atoms with Gasteiger partial charge in [-0.25, -0.2) is 0 Å². The standard InChI is InChI=1S/C25H36O3S/c1-23-9-5-19(29-14-12-26)15-17(23)3-4-20-21(23)6-10-24(2)22(20)7-11-25(24,27)18-8-13-28-16-18/h8,13,15-16,19-22,26-27H,3-7,9-12,14H2,1-2H3/t19?,20-,21-,22+,23+,24+,25?/m1/s1. The molecule has 0 radical (unpaired) electrons. The van der Waals surface area contributed by atoms with Crippen LogP contribution in [0.2, 0.25) is 0 Å². The summed E-state index contributed by atoms with van der Waals surface area (Å²) in [6, 6.07) is 1.98. The van der Waals surface area contributed by atoms with Crippen molar-refractivity contribution < 1.29 is 14.6 Å². The maximum atomic E-state index is 11.8. The molecule has 7 atom stereocenters. The molecule has 1 aromatic rings. The largest absolute Gasteiger partial charge is 0.472 e. The first-order valence-electron chi connectivity index (χ1n) is 11.6. The van der Waals surface area contributed by atoms with Gasteiger partial charge in [0, 0.05) is 22.0 Å². The lowest BCUT2D eigenvalue weighted by molar-refractivity contribution is -0.132. The van der Waals surface area contributed by atoms with Gasteiger partial charge in [-0.05, 0) is 80.6 Å². The molecule has 0 aromatic carbocycles. The van der Waals surface area contributed by atoms with Gasteiger partial charge in [0.05, 0.1) is 24.7 Å². The molecule has 160 valence electrons. The number of aliphatic hydroxyl groups is 2. The van der Waals surface area contributed by atoms with Gasteiger partial charge in [0.1, 0.15) is 0 Å². The van der Waals surface area contributed by atoms with Crippen LogP contribution in [0.25, 0.3) is 0 Å². The first-order chi connectivity index (χ1) is 13.9. The van der Waals surface area contributed by atoms with Gasteiger partial charge in [0.25, 0.3) is 0 Å². The number of allylic oxidation sites excluding steroid dienone is 1. The number of hydrogen-bond acceptors (Lipinski definition) is 4. The Morgan fingerprint density at radius 1 is 1.10 bits per heavy atom. The maximum absolute atomic E-state index is 11.8. The van der Waals surface area contributed by atoms with Crippen molar-refractivity contribution in [3.05, 3.63) is 35.8 Å². The summed E-state index contributed by atoms with van der Waals surface area (Å²) in [6.07, 6.45) is 15.5. The van der Waals surface area contributed by atoms with E-state index in [-0.39, 0.29) is 12.0 Å². The Labute approximate surface area is 179 Å². The van der Waals surface area contributed by atoms with Crippen molar-refractivity contribution in [2.24, 2.45) is 28.6 Å². The monoisotopic (exact) mass is 416 g/mol. The van der Waals surface area contributed by atoms with Gasteiger partial charge < -0.3 is 14.6 Å². The van der Waals surface area contributed by atoms with Crippen LogP contribution in [0.5, 0.6) is 0 Å². The van der Waals surface area contributed by atoms with Crippen LogP contribution in [-0.2, 0) is 5.60 Å². The van der Waals surface area contributed by atoms with Crippen LogP contribution in [0.3, 0.4) is 0 Å². The fraction of sp³-hybridized carbons (Fsp3) is 0.760. The Morgan fingerprint density at radius 3 is 2.69 bits per heavy atom. The molecule has 3 fully saturated rings. The molecule has 4 aliphatic rings. The zero-order valence-corrected chi connectivity index (χ0v) is 18.7. The molecule has 5 rings (SSSR count). The second-order valence-electron chi connectivity index (χ2n) is 10.6. The molecule has 0 bridgehead atoms. The van der Waals surface area contributed by atoms with Gasteiger partial charge in [-0.1, -0.05) is 25.5 Å². The van der Waals surface area contributed by atoms with Crippen LogP contribution < -0.4 is 0 Å². The molecule has 4 aliphatic carbocycles. The van der Waals surface area contributed by atoms with Gasteiger partial charge in [0.15, 0.2) is 0 Å². The highest BCUT2D eigenvalue weighted by atomic mass is 32.2. The molecule has 1 aromatic heterocycles. The zero-order chi connectivity index (χ0) is 20.3. The highest BCUT2D eigenvalue weighted by Crippen LogP contribution is 2.69. The highest BCUT2D eigenvalue weighted by Gasteiger charge is 2.64. The van der Waals surface area contributed by atoms with Crippen molar-refractivity contribution in [1.82, 2.24) is 0 Å². The van der Waals surface area contributed by atoms with E-state index in [1.165, 1.54) is 32.1 Å². The van der Waals surface area contributed by atoms with Crippen molar-refractivity contribution in [1.29, 1.82) is 0 Å². The van der Waals surface area contributed by atoms with Crippen LogP contribution in [0, 0.1) is 28.6 Å². The van der Waals surface area contributed by atoms with E-state index < -0.39 is 5.60 Å². The SMILES string of the molecule is C[C@]12CCC(SCCO)C=C1CC[C@@H]1[C@H]2CC[C@@]2(C)[C@H]1CCC2(O)c1ccoc1. The van der Waals surface area contributed by atoms with Crippen LogP contribution >= 0.6 is 11.8 Å². The van der Waals surface area contributed by atoms with Crippen LogP contribution in [0.1, 0.15) is 70.8 Å². The molecule has 0 saturated heterocycles. The predicted molar refractivity (Wildman–Crippen MR) is 118 cm³/mol. The molecule has 0 aliphatic heterocycles. The van der Waals surface area contributed by atoms with E-state index in [9.17, 15) is 10.2 Å². The van der Waals surface area contributed by atoms with E-state index >= 15 is 0 Å². The first kappa shape index (κ1) is 20.2. The second kappa shape index (κ2) is 7.17. The minimum atomic E-state index is -0.731. The molecule has 29 heavy (non-hydrogen) atoms. The van der Waals surface area contributed by atoms with E-state index in [2.05, 4.69) is 19.9 Å². The number of hydrogen-bond donors (Lipinski definition) is 2. The Kier molecular flexibility index (Phi) is 5.00. The quantitative estimate of drug-likeness (QED) is 0.634. The molecule has 1 heterocycles. The van der Waals surface area contributed by atoms with E-state index in [0.717, 1.165) is 42.4 Å². The van der Waals surface area contributed by atoms with Crippen molar-refractivity contribution in [2.45, 2.75) is 76.1 Å². The molecule has 0 spiro atoms. The molecule has 2 N–H and O–H groups in total. The van der Waals surface area contributed by atoms with E-state index in [1.54, 1.807) is 18.1 Å². The summed E-state index contributed by atoms with van der Waals surface area (Å²) in [5, 5.41) is 21.6. The van der Waals surface area contributed by atoms with E-state index in [1.807, 2.05) is 17.8 Å². The number of fused-ring (bicyclic) bond motifs is 5. The normalized spacial score (nSPS) is 46.6. The minimum absolute atomic E-state index is 0.0379. The lowest BCUT2D eigenvalue weighted by Gasteiger charge is -2.59. The Balaban J connectivity index is 1.42. The zero-order valence-electron chi connectivity index (χ0n) is 17.9. The van der Waals surface area contributed by atoms with Crippen molar-refractivity contribution in [3.63, 3.8) is 0 Å². The topological polar surface area (TPSA) is 53.6 Å². The first-order valence-corrected chi connectivity index (χ1v) is 12.7. The van der Waals surface area contributed by atoms with Crippen LogP contribution in [0.15, 0.2) is 34.7 Å². The number of rotatable bonds is 4. The fourth-order valence-electron chi connectivity index (χ4n) is 8.02. The molecule has 2 unspecified atom stereocenters. The fourth-order valence-corrected chi connectivity index (χ4v) is 8.98. The Bertz CT molecular complexity index is 773. The summed E-state index contributed by atoms with van der Waals surface area (Å²) in [5.74, 6) is 2.96. The highest BCUT2D eigenvalue weighted by molar-refractivity contribution is 8.00. The lowest BCUT2D eigenvalue weighted by atomic mass is 9.46. The summed E-state index contributed by atoms with van der Waals surface area (Å²) in [6.45, 7) is 5.19. The molecule has 4 heteroatoms. The number of furan rings is 1. The van der Waals surface area contributed by atoms with E-state index in [4.69, 9.17) is 4.42 Å². The van der Waals surface area contributed by atoms with Gasteiger partial charge >= 0.3 is 0 Å². The third-order valence-corrected chi connectivity index (χ3v) is 10.9. The van der Waals surface area contributed by atoms with Crippen molar-refractivity contribution >= 4 is 11.8 Å². The molecule has 3 nitrogen and oxygen atoms in total. The number of aliphatic hydroxyl groups excluding tert-OH is 1. The summed E-state index contributed by atoms with van der Waals surface area (Å²) < 4.78 is 5.36. The predicted octanol–water partition coefficient (Wildman–Crippen LogP) is 5.52. The van der Waals surface area contributed by atoms with E-state index in [0.29, 0.717) is 16.6 Å². The third-order valence-electron chi connectivity index (χ3n) is 9.64. The summed E-state index contributed by atoms with van der Waals surface area (Å²) in [7, 11) is 0. The Morgan fingerprint density at radius 2 is 1.93 bits per heavy atom. The van der Waals surface area contributed by atoms with Gasteiger partial charge in [-0.2, -0.15) is 11.8 Å². The molecular formula is C25H36O3S. The van der Waals surface area contributed by atoms with Crippen LogP contribution in [-0.4, -0.2) is 27.8 Å². The van der Waals surface area contributed by atoms with Crippen molar-refractivity contribution in [3.8, 4) is 0 Å². The summed E-state index contributed by atoms with van der Waals surface area (Å²) in [5.41, 5.74) is 2.27. The molecular weight excluding hydrogens is 380 g/mol. The molecule has 3 saturated carbocycles. The average molecular weight is 417 g/mol. The van der Waals surface area contributed by atoms with Gasteiger partial charge in [0.2, 0.25) is 0 Å². The van der Waals surface area contributed by atoms with Gasteiger partial charge in [-0.3, -0.25) is 0 Å². The van der Waals surface area contributed by atoms with Gasteiger partial charge in [-0.15, -0.1) is 0 Å². The second-order valence-corrected chi connectivity index (χ2v) is 11.9.